The van der Waals surface area contributed by atoms with E-state index in [4.69, 9.17) is 28.2 Å². The van der Waals surface area contributed by atoms with E-state index in [9.17, 15) is 5.11 Å². The topological polar surface area (TPSA) is 82.3 Å². The van der Waals surface area contributed by atoms with Crippen molar-refractivity contribution in [3.05, 3.63) is 95.2 Å². The van der Waals surface area contributed by atoms with Crippen molar-refractivity contribution in [1.29, 1.82) is 0 Å². The van der Waals surface area contributed by atoms with Crippen LogP contribution in [0.5, 0.6) is 0 Å². The molecule has 0 bridgehead atoms. The second kappa shape index (κ2) is 11.8. The van der Waals surface area contributed by atoms with Crippen LogP contribution in [-0.2, 0) is 0 Å². The predicted molar refractivity (Wildman–Crippen MR) is 162 cm³/mol. The molecule has 1 saturated heterocycles. The van der Waals surface area contributed by atoms with Gasteiger partial charge in [-0.2, -0.15) is 0 Å². The molecule has 40 heavy (non-hydrogen) atoms. The number of aromatic nitrogens is 4. The molecule has 1 unspecified atom stereocenters. The van der Waals surface area contributed by atoms with Crippen molar-refractivity contribution in [3.63, 3.8) is 0 Å². The first-order chi connectivity index (χ1) is 19.6. The monoisotopic (exact) mass is 573 g/mol. The molecule has 5 aromatic rings. The van der Waals surface area contributed by atoms with Crippen LogP contribution in [0, 0.1) is 0 Å². The van der Waals surface area contributed by atoms with E-state index in [0.717, 1.165) is 48.9 Å². The second-order valence-corrected chi connectivity index (χ2v) is 10.5. The Labute approximate surface area is 242 Å². The summed E-state index contributed by atoms with van der Waals surface area (Å²) in [5.74, 6) is 1.37. The van der Waals surface area contributed by atoms with Crippen molar-refractivity contribution >= 4 is 45.9 Å². The Bertz CT molecular complexity index is 1590. The van der Waals surface area contributed by atoms with Gasteiger partial charge in [0.15, 0.2) is 17.0 Å². The van der Waals surface area contributed by atoms with Gasteiger partial charge in [-0.1, -0.05) is 77.8 Å². The summed E-state index contributed by atoms with van der Waals surface area (Å²) in [6.07, 6.45) is 0.948. The lowest BCUT2D eigenvalue weighted by Crippen LogP contribution is -2.49. The van der Waals surface area contributed by atoms with Gasteiger partial charge >= 0.3 is 0 Å². The van der Waals surface area contributed by atoms with Gasteiger partial charge in [-0.3, -0.25) is 9.47 Å². The molecule has 0 spiro atoms. The zero-order valence-electron chi connectivity index (χ0n) is 21.8. The molecule has 8 nitrogen and oxygen atoms in total. The number of β-amino-alcohol motifs (C(OH)–C–C–N with tert-alkyl or cyclic N) is 1. The summed E-state index contributed by atoms with van der Waals surface area (Å²) in [6, 6.07) is 25.8. The molecule has 0 saturated carbocycles. The molecule has 1 atom stereocenters. The summed E-state index contributed by atoms with van der Waals surface area (Å²) in [5, 5.41) is 15.4. The molecule has 0 radical (unpaired) electrons. The highest BCUT2D eigenvalue weighted by molar-refractivity contribution is 6.43. The molecule has 1 fully saturated rings. The maximum absolute atomic E-state index is 10.9. The van der Waals surface area contributed by atoms with Crippen LogP contribution < -0.4 is 10.2 Å². The molecular weight excluding hydrogens is 545 g/mol. The van der Waals surface area contributed by atoms with Crippen molar-refractivity contribution in [2.75, 3.05) is 49.5 Å². The van der Waals surface area contributed by atoms with E-state index in [0.29, 0.717) is 40.1 Å². The van der Waals surface area contributed by atoms with E-state index in [2.05, 4.69) is 25.1 Å². The molecule has 0 amide bonds. The molecule has 0 aliphatic carbocycles. The molecule has 204 valence electrons. The minimum Gasteiger partial charge on any atom is -0.390 e. The minimum absolute atomic E-state index is 0.339. The van der Waals surface area contributed by atoms with E-state index < -0.39 is 6.10 Å². The average Bonchev–Trinajstić information content (AvgIpc) is 3.39. The van der Waals surface area contributed by atoms with Gasteiger partial charge in [0.2, 0.25) is 0 Å². The Balaban J connectivity index is 1.15. The lowest BCUT2D eigenvalue weighted by Gasteiger charge is -2.37. The number of rotatable bonds is 8. The largest absolute Gasteiger partial charge is 0.390 e. The Morgan fingerprint density at radius 2 is 1.57 bits per heavy atom. The van der Waals surface area contributed by atoms with Crippen molar-refractivity contribution in [3.8, 4) is 17.1 Å². The number of fused-ring (bicyclic) bond motifs is 1. The van der Waals surface area contributed by atoms with Crippen molar-refractivity contribution < 1.29 is 5.11 Å². The van der Waals surface area contributed by atoms with E-state index in [1.165, 1.54) is 6.33 Å². The van der Waals surface area contributed by atoms with Crippen molar-refractivity contribution in [2.45, 2.75) is 6.10 Å². The zero-order chi connectivity index (χ0) is 27.5. The van der Waals surface area contributed by atoms with Crippen LogP contribution in [0.1, 0.15) is 0 Å². The predicted octanol–water partition coefficient (Wildman–Crippen LogP) is 5.38. The van der Waals surface area contributed by atoms with Crippen LogP contribution in [-0.4, -0.2) is 74.9 Å². The van der Waals surface area contributed by atoms with Crippen LogP contribution in [0.2, 0.25) is 10.0 Å². The van der Waals surface area contributed by atoms with Crippen LogP contribution in [0.3, 0.4) is 0 Å². The number of nitrogens with one attached hydrogen (secondary N) is 1. The van der Waals surface area contributed by atoms with Crippen LogP contribution >= 0.6 is 23.2 Å². The number of piperazine rings is 1. The van der Waals surface area contributed by atoms with Gasteiger partial charge in [0, 0.05) is 50.5 Å². The SMILES string of the molecule is OC(CNc1ncnc2c1nc(-c1ccccc1)n2-c1ccccc1)CN1CCN(c2cccc(Cl)c2Cl)CC1. The van der Waals surface area contributed by atoms with Crippen LogP contribution in [0.15, 0.2) is 85.2 Å². The Morgan fingerprint density at radius 1 is 0.850 bits per heavy atom. The number of imidazole rings is 1. The minimum atomic E-state index is -0.587. The molecule has 2 N–H and O–H groups in total. The fraction of sp³-hybridized carbons (Fsp3) is 0.233. The summed E-state index contributed by atoms with van der Waals surface area (Å²) in [5.41, 5.74) is 4.26. The van der Waals surface area contributed by atoms with E-state index >= 15 is 0 Å². The summed E-state index contributed by atoms with van der Waals surface area (Å²) in [4.78, 5) is 18.5. The van der Waals surface area contributed by atoms with Crippen molar-refractivity contribution in [2.24, 2.45) is 0 Å². The summed E-state index contributed by atoms with van der Waals surface area (Å²) in [6.45, 7) is 4.15. The van der Waals surface area contributed by atoms with Gasteiger partial charge in [0.25, 0.3) is 0 Å². The third-order valence-electron chi connectivity index (χ3n) is 7.11. The summed E-state index contributed by atoms with van der Waals surface area (Å²) >= 11 is 12.6. The molecule has 3 heterocycles. The molecular formula is C30H29Cl2N7O. The van der Waals surface area contributed by atoms with Crippen molar-refractivity contribution in [1.82, 2.24) is 24.4 Å². The molecule has 1 aliphatic heterocycles. The van der Waals surface area contributed by atoms with Gasteiger partial charge in [0.1, 0.15) is 12.2 Å². The fourth-order valence-electron chi connectivity index (χ4n) is 5.11. The Kier molecular flexibility index (Phi) is 7.84. The summed E-state index contributed by atoms with van der Waals surface area (Å²) in [7, 11) is 0. The van der Waals surface area contributed by atoms with E-state index in [-0.39, 0.29) is 0 Å². The Morgan fingerprint density at radius 3 is 2.33 bits per heavy atom. The Hall–Kier alpha value is -3.69. The number of halogens is 2. The molecule has 3 aromatic carbocycles. The third-order valence-corrected chi connectivity index (χ3v) is 7.92. The highest BCUT2D eigenvalue weighted by atomic mass is 35.5. The number of hydrogen-bond donors (Lipinski definition) is 2. The zero-order valence-corrected chi connectivity index (χ0v) is 23.3. The van der Waals surface area contributed by atoms with Crippen LogP contribution in [0.4, 0.5) is 11.5 Å². The normalized spacial score (nSPS) is 14.9. The maximum atomic E-state index is 10.9. The first-order valence-corrected chi connectivity index (χ1v) is 14.0. The van der Waals surface area contributed by atoms with Crippen LogP contribution in [0.25, 0.3) is 28.2 Å². The third kappa shape index (κ3) is 5.48. The van der Waals surface area contributed by atoms with Gasteiger partial charge in [-0.15, -0.1) is 0 Å². The van der Waals surface area contributed by atoms with Gasteiger partial charge in [-0.05, 0) is 24.3 Å². The number of aliphatic hydroxyl groups excluding tert-OH is 1. The van der Waals surface area contributed by atoms with E-state index in [1.54, 1.807) is 6.07 Å². The maximum Gasteiger partial charge on any atom is 0.170 e. The summed E-state index contributed by atoms with van der Waals surface area (Å²) < 4.78 is 2.04. The standard InChI is InChI=1S/C30H29Cl2N7O/c31-24-12-7-13-25(26(24)32)38-16-14-37(15-17-38)19-23(40)18-33-28-27-30(35-20-34-28)39(22-10-5-2-6-11-22)29(36-27)21-8-3-1-4-9-21/h1-13,20,23,40H,14-19H2,(H,33,34,35). The number of nitrogens with zero attached hydrogens (tertiary/aromatic N) is 6. The number of hydrogen-bond acceptors (Lipinski definition) is 7. The smallest absolute Gasteiger partial charge is 0.170 e. The quantitative estimate of drug-likeness (QED) is 0.258. The second-order valence-electron chi connectivity index (χ2n) is 9.76. The number of benzene rings is 3. The number of para-hydroxylation sites is 1. The highest BCUT2D eigenvalue weighted by Crippen LogP contribution is 2.33. The molecule has 6 rings (SSSR count). The van der Waals surface area contributed by atoms with Gasteiger partial charge in [-0.25, -0.2) is 15.0 Å². The fourth-order valence-corrected chi connectivity index (χ4v) is 5.52. The number of aliphatic hydroxyl groups is 1. The number of anilines is 2. The molecule has 10 heteroatoms. The first kappa shape index (κ1) is 26.5. The first-order valence-electron chi connectivity index (χ1n) is 13.3. The molecule has 1 aliphatic rings. The highest BCUT2D eigenvalue weighted by Gasteiger charge is 2.23. The average molecular weight is 575 g/mol. The van der Waals surface area contributed by atoms with Gasteiger partial charge < -0.3 is 15.3 Å². The van der Waals surface area contributed by atoms with Gasteiger partial charge in [0.05, 0.1) is 21.8 Å². The lowest BCUT2D eigenvalue weighted by atomic mass is 10.2. The lowest BCUT2D eigenvalue weighted by molar-refractivity contribution is 0.118. The molecule has 2 aromatic heterocycles. The van der Waals surface area contributed by atoms with E-state index in [1.807, 2.05) is 77.4 Å².